The summed E-state index contributed by atoms with van der Waals surface area (Å²) in [6.07, 6.45) is 3.84. The zero-order chi connectivity index (χ0) is 21.1. The number of nitrogens with zero attached hydrogens (tertiary/aromatic N) is 1. The van der Waals surface area contributed by atoms with Gasteiger partial charge in [0.15, 0.2) is 9.84 Å². The molecule has 2 aromatic carbocycles. The minimum absolute atomic E-state index is 0.358. The number of sulfone groups is 1. The van der Waals surface area contributed by atoms with Gasteiger partial charge in [-0.25, -0.2) is 8.42 Å². The van der Waals surface area contributed by atoms with Crippen LogP contribution in [0.5, 0.6) is 5.75 Å². The summed E-state index contributed by atoms with van der Waals surface area (Å²) in [5.74, 6) is 1.24. The first-order valence-electron chi connectivity index (χ1n) is 10.9. The Morgan fingerprint density at radius 1 is 0.933 bits per heavy atom. The van der Waals surface area contributed by atoms with Gasteiger partial charge in [-0.1, -0.05) is 31.2 Å². The van der Waals surface area contributed by atoms with Crippen molar-refractivity contribution in [2.24, 2.45) is 5.92 Å². The summed E-state index contributed by atoms with van der Waals surface area (Å²) < 4.78 is 32.5. The van der Waals surface area contributed by atoms with Crippen LogP contribution in [0.15, 0.2) is 53.4 Å². The molecule has 5 nitrogen and oxygen atoms in total. The quantitative estimate of drug-likeness (QED) is 0.782. The molecule has 30 heavy (non-hydrogen) atoms. The lowest BCUT2D eigenvalue weighted by Gasteiger charge is -2.44. The van der Waals surface area contributed by atoms with Crippen LogP contribution >= 0.6 is 0 Å². The van der Waals surface area contributed by atoms with Crippen LogP contribution in [-0.2, 0) is 9.84 Å². The number of hydrogen-bond donors (Lipinski definition) is 1. The predicted molar refractivity (Wildman–Crippen MR) is 120 cm³/mol. The molecule has 0 amide bonds. The van der Waals surface area contributed by atoms with E-state index < -0.39 is 15.2 Å². The van der Waals surface area contributed by atoms with Gasteiger partial charge >= 0.3 is 0 Å². The molecule has 2 aliphatic heterocycles. The Labute approximate surface area is 180 Å². The topological polar surface area (TPSA) is 58.6 Å². The van der Waals surface area contributed by atoms with Gasteiger partial charge in [0.1, 0.15) is 11.1 Å². The maximum atomic E-state index is 13.6. The first-order valence-corrected chi connectivity index (χ1v) is 12.5. The molecule has 0 spiro atoms. The van der Waals surface area contributed by atoms with Gasteiger partial charge in [0.25, 0.3) is 0 Å². The maximum absolute atomic E-state index is 13.6. The molecule has 2 aromatic rings. The SMILES string of the molecule is COc1ccc(-c2ccc(S(=O)(=O)C3CC(C)CCN3C3CCNCC3)cc2)cc1. The van der Waals surface area contributed by atoms with Crippen molar-refractivity contribution in [2.45, 2.75) is 48.9 Å². The zero-order valence-corrected chi connectivity index (χ0v) is 18.7. The molecule has 0 radical (unpaired) electrons. The molecular formula is C24H32N2O3S. The van der Waals surface area contributed by atoms with Crippen molar-refractivity contribution >= 4 is 9.84 Å². The third kappa shape index (κ3) is 4.41. The van der Waals surface area contributed by atoms with E-state index in [2.05, 4.69) is 17.1 Å². The minimum atomic E-state index is -3.42. The third-order valence-electron chi connectivity index (χ3n) is 6.60. The number of benzene rings is 2. The summed E-state index contributed by atoms with van der Waals surface area (Å²) in [7, 11) is -1.77. The van der Waals surface area contributed by atoms with Crippen LogP contribution in [0.3, 0.4) is 0 Å². The highest BCUT2D eigenvalue weighted by molar-refractivity contribution is 7.92. The number of rotatable bonds is 5. The van der Waals surface area contributed by atoms with Crippen molar-refractivity contribution in [1.29, 1.82) is 0 Å². The minimum Gasteiger partial charge on any atom is -0.497 e. The standard InChI is InChI=1S/C24H32N2O3S/c1-18-13-16-26(21-11-14-25-15-12-21)24(17-18)30(27,28)23-9-5-20(6-10-23)19-3-7-22(29-2)8-4-19/h3-10,18,21,24-25H,11-17H2,1-2H3. The van der Waals surface area contributed by atoms with Crippen molar-refractivity contribution in [3.05, 3.63) is 48.5 Å². The van der Waals surface area contributed by atoms with E-state index in [4.69, 9.17) is 4.74 Å². The summed E-state index contributed by atoms with van der Waals surface area (Å²) >= 11 is 0. The molecule has 162 valence electrons. The fourth-order valence-corrected chi connectivity index (χ4v) is 6.80. The highest BCUT2D eigenvalue weighted by Gasteiger charge is 2.40. The molecular weight excluding hydrogens is 396 g/mol. The van der Waals surface area contributed by atoms with Gasteiger partial charge in [-0.15, -0.1) is 0 Å². The second-order valence-electron chi connectivity index (χ2n) is 8.60. The fraction of sp³-hybridized carbons (Fsp3) is 0.500. The molecule has 0 aliphatic carbocycles. The molecule has 2 heterocycles. The first kappa shape index (κ1) is 21.3. The van der Waals surface area contributed by atoms with Crippen LogP contribution in [0.25, 0.3) is 11.1 Å². The van der Waals surface area contributed by atoms with Crippen LogP contribution in [0.1, 0.15) is 32.6 Å². The van der Waals surface area contributed by atoms with E-state index in [-0.39, 0.29) is 0 Å². The van der Waals surface area contributed by atoms with Gasteiger partial charge in [-0.05, 0) is 86.6 Å². The van der Waals surface area contributed by atoms with Crippen molar-refractivity contribution in [1.82, 2.24) is 10.2 Å². The molecule has 2 unspecified atom stereocenters. The Hall–Kier alpha value is -1.89. The maximum Gasteiger partial charge on any atom is 0.194 e. The number of methoxy groups -OCH3 is 1. The number of hydrogen-bond acceptors (Lipinski definition) is 5. The van der Waals surface area contributed by atoms with Crippen molar-refractivity contribution < 1.29 is 13.2 Å². The van der Waals surface area contributed by atoms with Gasteiger partial charge in [0, 0.05) is 6.04 Å². The van der Waals surface area contributed by atoms with Crippen LogP contribution in [0.2, 0.25) is 0 Å². The number of ether oxygens (including phenoxy) is 1. The van der Waals surface area contributed by atoms with E-state index in [1.807, 2.05) is 36.4 Å². The summed E-state index contributed by atoms with van der Waals surface area (Å²) in [6.45, 7) is 4.99. The van der Waals surface area contributed by atoms with Gasteiger partial charge in [0.2, 0.25) is 0 Å². The van der Waals surface area contributed by atoms with Crippen molar-refractivity contribution in [2.75, 3.05) is 26.7 Å². The Balaban J connectivity index is 1.58. The summed E-state index contributed by atoms with van der Waals surface area (Å²) in [5.41, 5.74) is 2.05. The molecule has 2 aliphatic rings. The van der Waals surface area contributed by atoms with Gasteiger partial charge in [-0.3, -0.25) is 4.90 Å². The van der Waals surface area contributed by atoms with Crippen molar-refractivity contribution in [3.63, 3.8) is 0 Å². The van der Waals surface area contributed by atoms with Crippen LogP contribution in [0, 0.1) is 5.92 Å². The van der Waals surface area contributed by atoms with Gasteiger partial charge < -0.3 is 10.1 Å². The Bertz CT molecular complexity index is 935. The Morgan fingerprint density at radius 2 is 1.53 bits per heavy atom. The smallest absolute Gasteiger partial charge is 0.194 e. The highest BCUT2D eigenvalue weighted by Crippen LogP contribution is 2.34. The van der Waals surface area contributed by atoms with E-state index in [0.717, 1.165) is 55.8 Å². The normalized spacial score (nSPS) is 23.9. The van der Waals surface area contributed by atoms with Crippen LogP contribution in [-0.4, -0.2) is 51.5 Å². The Morgan fingerprint density at radius 3 is 2.13 bits per heavy atom. The molecule has 0 aromatic heterocycles. The van der Waals surface area contributed by atoms with E-state index >= 15 is 0 Å². The van der Waals surface area contributed by atoms with Crippen LogP contribution < -0.4 is 10.1 Å². The molecule has 4 rings (SSSR count). The molecule has 1 N–H and O–H groups in total. The monoisotopic (exact) mass is 428 g/mol. The van der Waals surface area contributed by atoms with Crippen LogP contribution in [0.4, 0.5) is 0 Å². The molecule has 0 saturated carbocycles. The summed E-state index contributed by atoms with van der Waals surface area (Å²) in [4.78, 5) is 2.71. The summed E-state index contributed by atoms with van der Waals surface area (Å²) in [5, 5.41) is 2.97. The summed E-state index contributed by atoms with van der Waals surface area (Å²) in [6, 6.07) is 15.5. The molecule has 0 bridgehead atoms. The molecule has 2 atom stereocenters. The van der Waals surface area contributed by atoms with Gasteiger partial charge in [-0.2, -0.15) is 0 Å². The molecule has 2 fully saturated rings. The van der Waals surface area contributed by atoms with E-state index in [0.29, 0.717) is 23.3 Å². The largest absolute Gasteiger partial charge is 0.497 e. The number of likely N-dealkylation sites (tertiary alicyclic amines) is 1. The van der Waals surface area contributed by atoms with E-state index in [1.54, 1.807) is 19.2 Å². The number of nitrogens with one attached hydrogen (secondary N) is 1. The van der Waals surface area contributed by atoms with Crippen molar-refractivity contribution in [3.8, 4) is 16.9 Å². The average Bonchev–Trinajstić information content (AvgIpc) is 2.80. The lowest BCUT2D eigenvalue weighted by Crippen LogP contribution is -2.54. The fourth-order valence-electron chi connectivity index (χ4n) is 4.75. The second-order valence-corrected chi connectivity index (χ2v) is 10.7. The first-order chi connectivity index (χ1) is 14.5. The highest BCUT2D eigenvalue weighted by atomic mass is 32.2. The van der Waals surface area contributed by atoms with E-state index in [1.165, 1.54) is 0 Å². The Kier molecular flexibility index (Phi) is 6.46. The zero-order valence-electron chi connectivity index (χ0n) is 17.9. The second kappa shape index (κ2) is 9.08. The average molecular weight is 429 g/mol. The lowest BCUT2D eigenvalue weighted by molar-refractivity contribution is 0.0937. The van der Waals surface area contributed by atoms with E-state index in [9.17, 15) is 8.42 Å². The predicted octanol–water partition coefficient (Wildman–Crippen LogP) is 3.95. The third-order valence-corrected chi connectivity index (χ3v) is 8.70. The lowest BCUT2D eigenvalue weighted by atomic mass is 9.95. The molecule has 2 saturated heterocycles. The van der Waals surface area contributed by atoms with Gasteiger partial charge in [0.05, 0.1) is 12.0 Å². The number of piperidine rings is 2. The molecule has 6 heteroatoms.